The molecule has 1 saturated heterocycles. The Morgan fingerprint density at radius 3 is 2.31 bits per heavy atom. The van der Waals surface area contributed by atoms with Crippen LogP contribution < -0.4 is 15.1 Å². The molecular weight excluding hydrogens is 382 g/mol. The number of piperazine rings is 1. The molecule has 1 aliphatic rings. The van der Waals surface area contributed by atoms with Crippen molar-refractivity contribution in [1.29, 1.82) is 0 Å². The maximum atomic E-state index is 12.2. The second-order valence-electron chi connectivity index (χ2n) is 7.53. The van der Waals surface area contributed by atoms with Crippen LogP contribution in [0.4, 0.5) is 5.69 Å². The van der Waals surface area contributed by atoms with E-state index in [1.54, 1.807) is 18.7 Å². The molecular formula is C23H30N3O2S+. The van der Waals surface area contributed by atoms with Gasteiger partial charge in [0.1, 0.15) is 0 Å². The minimum atomic E-state index is 0.0918. The maximum Gasteiger partial charge on any atom is 0.275 e. The first kappa shape index (κ1) is 21.4. The van der Waals surface area contributed by atoms with Crippen molar-refractivity contribution < 1.29 is 14.5 Å². The molecule has 1 fully saturated rings. The fourth-order valence-electron chi connectivity index (χ4n) is 3.45. The van der Waals surface area contributed by atoms with Crippen molar-refractivity contribution in [3.63, 3.8) is 0 Å². The highest BCUT2D eigenvalue weighted by Gasteiger charge is 2.22. The summed E-state index contributed by atoms with van der Waals surface area (Å²) < 4.78 is 0. The van der Waals surface area contributed by atoms with E-state index in [9.17, 15) is 9.59 Å². The molecule has 0 atom stereocenters. The lowest BCUT2D eigenvalue weighted by Crippen LogP contribution is -3.16. The van der Waals surface area contributed by atoms with Crippen LogP contribution in [0.2, 0.25) is 0 Å². The lowest BCUT2D eigenvalue weighted by molar-refractivity contribution is -0.892. The standard InChI is InChI=1S/C23H29N3O2S/c1-18-3-9-22(10-4-18)29-16-11-24-23(28)17-25-12-14-26(15-13-25)21-7-5-20(6-8-21)19(2)27/h3-10H,11-17H2,1-2H3,(H,24,28)/p+1. The Morgan fingerprint density at radius 2 is 1.69 bits per heavy atom. The number of hydrogen-bond donors (Lipinski definition) is 2. The molecule has 1 heterocycles. The Balaban J connectivity index is 1.34. The summed E-state index contributed by atoms with van der Waals surface area (Å²) in [7, 11) is 0. The topological polar surface area (TPSA) is 53.9 Å². The van der Waals surface area contributed by atoms with Gasteiger partial charge in [-0.15, -0.1) is 11.8 Å². The average molecular weight is 413 g/mol. The molecule has 0 spiro atoms. The van der Waals surface area contributed by atoms with Crippen molar-refractivity contribution in [2.24, 2.45) is 0 Å². The summed E-state index contributed by atoms with van der Waals surface area (Å²) in [5, 5.41) is 3.05. The summed E-state index contributed by atoms with van der Waals surface area (Å²) in [6.07, 6.45) is 0. The third-order valence-electron chi connectivity index (χ3n) is 5.23. The van der Waals surface area contributed by atoms with Crippen LogP contribution in [-0.2, 0) is 4.79 Å². The Labute approximate surface area is 177 Å². The Hall–Kier alpha value is -2.31. The number of quaternary nitrogens is 1. The highest BCUT2D eigenvalue weighted by Crippen LogP contribution is 2.17. The SMILES string of the molecule is CC(=O)c1ccc(N2CC[NH+](CC(=O)NCCSc3ccc(C)cc3)CC2)cc1. The van der Waals surface area contributed by atoms with Gasteiger partial charge in [0.25, 0.3) is 5.91 Å². The van der Waals surface area contributed by atoms with Crippen molar-refractivity contribution in [1.82, 2.24) is 5.32 Å². The molecule has 2 N–H and O–H groups in total. The number of amides is 1. The van der Waals surface area contributed by atoms with Gasteiger partial charge in [-0.05, 0) is 50.2 Å². The highest BCUT2D eigenvalue weighted by atomic mass is 32.2. The minimum absolute atomic E-state index is 0.0918. The number of aryl methyl sites for hydroxylation is 1. The van der Waals surface area contributed by atoms with Crippen molar-refractivity contribution in [3.05, 3.63) is 59.7 Å². The van der Waals surface area contributed by atoms with Gasteiger partial charge in [0, 0.05) is 28.4 Å². The summed E-state index contributed by atoms with van der Waals surface area (Å²) >= 11 is 1.77. The molecule has 154 valence electrons. The van der Waals surface area contributed by atoms with Gasteiger partial charge in [-0.3, -0.25) is 9.59 Å². The van der Waals surface area contributed by atoms with E-state index in [4.69, 9.17) is 0 Å². The van der Waals surface area contributed by atoms with Gasteiger partial charge < -0.3 is 15.1 Å². The van der Waals surface area contributed by atoms with Gasteiger partial charge in [-0.25, -0.2) is 0 Å². The first-order chi connectivity index (χ1) is 14.0. The Bertz CT molecular complexity index is 813. The predicted molar refractivity (Wildman–Crippen MR) is 119 cm³/mol. The van der Waals surface area contributed by atoms with Crippen LogP contribution in [0.5, 0.6) is 0 Å². The van der Waals surface area contributed by atoms with Crippen LogP contribution in [0.1, 0.15) is 22.8 Å². The minimum Gasteiger partial charge on any atom is -0.360 e. The van der Waals surface area contributed by atoms with Gasteiger partial charge >= 0.3 is 0 Å². The largest absolute Gasteiger partial charge is 0.360 e. The van der Waals surface area contributed by atoms with E-state index in [1.165, 1.54) is 15.4 Å². The van der Waals surface area contributed by atoms with E-state index < -0.39 is 0 Å². The van der Waals surface area contributed by atoms with E-state index in [-0.39, 0.29) is 11.7 Å². The maximum absolute atomic E-state index is 12.2. The monoisotopic (exact) mass is 412 g/mol. The zero-order valence-corrected chi connectivity index (χ0v) is 18.1. The van der Waals surface area contributed by atoms with Crippen molar-refractivity contribution in [3.8, 4) is 0 Å². The fourth-order valence-corrected chi connectivity index (χ4v) is 4.22. The van der Waals surface area contributed by atoms with Crippen LogP contribution in [0, 0.1) is 6.92 Å². The van der Waals surface area contributed by atoms with Gasteiger partial charge in [0.2, 0.25) is 0 Å². The molecule has 29 heavy (non-hydrogen) atoms. The number of anilines is 1. The second kappa shape index (κ2) is 10.5. The highest BCUT2D eigenvalue weighted by molar-refractivity contribution is 7.99. The summed E-state index contributed by atoms with van der Waals surface area (Å²) in [6.45, 7) is 8.63. The zero-order chi connectivity index (χ0) is 20.6. The van der Waals surface area contributed by atoms with Gasteiger partial charge in [0.05, 0.1) is 26.2 Å². The predicted octanol–water partition coefficient (Wildman–Crippen LogP) is 1.81. The number of carbonyl (C=O) groups excluding carboxylic acids is 2. The van der Waals surface area contributed by atoms with Crippen molar-refractivity contribution >= 4 is 29.1 Å². The number of thioether (sulfide) groups is 1. The number of rotatable bonds is 8. The van der Waals surface area contributed by atoms with Gasteiger partial charge in [-0.1, -0.05) is 17.7 Å². The number of nitrogens with one attached hydrogen (secondary N) is 2. The first-order valence-corrected chi connectivity index (χ1v) is 11.2. The second-order valence-corrected chi connectivity index (χ2v) is 8.70. The third-order valence-corrected chi connectivity index (χ3v) is 6.25. The lowest BCUT2D eigenvalue weighted by Gasteiger charge is -2.33. The molecule has 0 bridgehead atoms. The average Bonchev–Trinajstić information content (AvgIpc) is 2.73. The molecule has 2 aromatic rings. The molecule has 0 radical (unpaired) electrons. The molecule has 0 aliphatic carbocycles. The van der Waals surface area contributed by atoms with E-state index in [0.717, 1.165) is 43.2 Å². The fraction of sp³-hybridized carbons (Fsp3) is 0.391. The van der Waals surface area contributed by atoms with Crippen LogP contribution in [-0.4, -0.2) is 56.7 Å². The third kappa shape index (κ3) is 6.61. The molecule has 5 nitrogen and oxygen atoms in total. The van der Waals surface area contributed by atoms with E-state index in [0.29, 0.717) is 13.1 Å². The number of ketones is 1. The normalized spacial score (nSPS) is 14.6. The molecule has 2 aromatic carbocycles. The summed E-state index contributed by atoms with van der Waals surface area (Å²) in [4.78, 5) is 28.5. The molecule has 6 heteroatoms. The number of benzene rings is 2. The van der Waals surface area contributed by atoms with E-state index in [2.05, 4.69) is 41.4 Å². The zero-order valence-electron chi connectivity index (χ0n) is 17.2. The molecule has 3 rings (SSSR count). The molecule has 1 aliphatic heterocycles. The van der Waals surface area contributed by atoms with Crippen LogP contribution in [0.3, 0.4) is 0 Å². The van der Waals surface area contributed by atoms with Gasteiger partial charge in [0.15, 0.2) is 12.3 Å². The Morgan fingerprint density at radius 1 is 1.03 bits per heavy atom. The molecule has 0 unspecified atom stereocenters. The van der Waals surface area contributed by atoms with E-state index >= 15 is 0 Å². The van der Waals surface area contributed by atoms with E-state index in [1.807, 2.05) is 24.3 Å². The van der Waals surface area contributed by atoms with Crippen LogP contribution in [0.25, 0.3) is 0 Å². The molecule has 0 saturated carbocycles. The number of carbonyl (C=O) groups is 2. The summed E-state index contributed by atoms with van der Waals surface area (Å²) in [6, 6.07) is 16.3. The first-order valence-electron chi connectivity index (χ1n) is 10.2. The Kier molecular flexibility index (Phi) is 7.72. The summed E-state index contributed by atoms with van der Waals surface area (Å²) in [5.74, 6) is 1.10. The van der Waals surface area contributed by atoms with Crippen molar-refractivity contribution in [2.45, 2.75) is 18.7 Å². The number of hydrogen-bond acceptors (Lipinski definition) is 4. The number of Topliss-reactive ketones (excluding diaryl/α,β-unsaturated/α-hetero) is 1. The van der Waals surface area contributed by atoms with Crippen LogP contribution in [0.15, 0.2) is 53.4 Å². The smallest absolute Gasteiger partial charge is 0.275 e. The number of nitrogens with zero attached hydrogens (tertiary/aromatic N) is 1. The quantitative estimate of drug-likeness (QED) is 0.395. The lowest BCUT2D eigenvalue weighted by atomic mass is 10.1. The molecule has 1 amide bonds. The van der Waals surface area contributed by atoms with Crippen LogP contribution >= 0.6 is 11.8 Å². The molecule has 0 aromatic heterocycles. The van der Waals surface area contributed by atoms with Gasteiger partial charge in [-0.2, -0.15) is 0 Å². The van der Waals surface area contributed by atoms with Crippen molar-refractivity contribution in [2.75, 3.05) is 49.9 Å². The summed E-state index contributed by atoms with van der Waals surface area (Å²) in [5.41, 5.74) is 3.15.